The lowest BCUT2D eigenvalue weighted by molar-refractivity contribution is -0.274. The van der Waals surface area contributed by atoms with Gasteiger partial charge in [0, 0.05) is 25.7 Å². The molecular weight excluding hydrogens is 539 g/mol. The second-order valence-corrected chi connectivity index (χ2v) is 11.0. The molecule has 41 heavy (non-hydrogen) atoms. The van der Waals surface area contributed by atoms with Crippen LogP contribution in [0, 0.1) is 12.8 Å². The van der Waals surface area contributed by atoms with Crippen LogP contribution in [0.5, 0.6) is 5.75 Å². The van der Waals surface area contributed by atoms with Crippen molar-refractivity contribution in [2.45, 2.75) is 64.0 Å². The summed E-state index contributed by atoms with van der Waals surface area (Å²) >= 11 is 0. The van der Waals surface area contributed by atoms with E-state index in [-0.39, 0.29) is 48.5 Å². The predicted octanol–water partition coefficient (Wildman–Crippen LogP) is 4.00. The third-order valence-corrected chi connectivity index (χ3v) is 7.72. The summed E-state index contributed by atoms with van der Waals surface area (Å²) in [5, 5.41) is 9.85. The summed E-state index contributed by atoms with van der Waals surface area (Å²) in [7, 11) is 0. The van der Waals surface area contributed by atoms with E-state index in [0.717, 1.165) is 35.1 Å². The molecule has 0 unspecified atom stereocenters. The van der Waals surface area contributed by atoms with E-state index in [2.05, 4.69) is 30.4 Å². The van der Waals surface area contributed by atoms with Crippen LogP contribution >= 0.6 is 0 Å². The average Bonchev–Trinajstić information content (AvgIpc) is 3.85. The molecule has 6 rings (SSSR count). The lowest BCUT2D eigenvalue weighted by Crippen LogP contribution is -2.41. The highest BCUT2D eigenvalue weighted by atomic mass is 19.4. The highest BCUT2D eigenvalue weighted by Gasteiger charge is 2.47. The maximum Gasteiger partial charge on any atom is 0.573 e. The number of aromatic nitrogens is 2. The Bertz CT molecular complexity index is 1470. The molecule has 2 aromatic carbocycles. The Balaban J connectivity index is 1.22. The Hall–Kier alpha value is -3.93. The number of benzene rings is 2. The zero-order chi connectivity index (χ0) is 28.7. The van der Waals surface area contributed by atoms with Crippen molar-refractivity contribution in [1.29, 1.82) is 0 Å². The molecule has 1 aliphatic heterocycles. The number of hydrogen-bond donors (Lipinski definition) is 2. The van der Waals surface area contributed by atoms with Crippen molar-refractivity contribution in [3.05, 3.63) is 64.8 Å². The van der Waals surface area contributed by atoms with Crippen LogP contribution in [0.15, 0.2) is 40.9 Å². The van der Waals surface area contributed by atoms with Gasteiger partial charge in [0.2, 0.25) is 17.7 Å². The van der Waals surface area contributed by atoms with Crippen LogP contribution in [0.1, 0.15) is 53.6 Å². The Morgan fingerprint density at radius 2 is 2.00 bits per heavy atom. The van der Waals surface area contributed by atoms with Crippen LogP contribution in [0.2, 0.25) is 0 Å². The molecule has 2 amide bonds. The second kappa shape index (κ2) is 10.8. The molecule has 1 aromatic heterocycles. The minimum absolute atomic E-state index is 0.0185. The average molecular weight is 570 g/mol. The Kier molecular flexibility index (Phi) is 7.18. The number of carbonyl (C=O) groups excluding carboxylic acids is 2. The molecule has 2 saturated carbocycles. The van der Waals surface area contributed by atoms with Crippen molar-refractivity contribution in [3.8, 4) is 16.9 Å². The van der Waals surface area contributed by atoms with E-state index in [1.807, 2.05) is 12.1 Å². The highest BCUT2D eigenvalue weighted by Crippen LogP contribution is 2.47. The largest absolute Gasteiger partial charge is 0.573 e. The number of amides is 2. The van der Waals surface area contributed by atoms with Crippen molar-refractivity contribution < 1.29 is 32.0 Å². The van der Waals surface area contributed by atoms with E-state index in [1.54, 1.807) is 13.0 Å². The number of carbonyl (C=O) groups is 2. The molecule has 2 atom stereocenters. The Labute approximate surface area is 234 Å². The predicted molar refractivity (Wildman–Crippen MR) is 140 cm³/mol. The summed E-state index contributed by atoms with van der Waals surface area (Å²) in [6.07, 6.45) is -1.52. The standard InChI is InChI=1S/C29H30F3N5O4/c1-16-34-28(41-36-16)24-12-23(24)27(39)33-13-18-5-8-21(17-3-2-4-20(11-17)40-29(30,31)32)22-9-10-37(14-25(18)22)15-26(38)35-19-6-7-19/h2-5,8,11,19,23-24H,6-7,9-10,12-15H2,1H3,(H,33,39)(H,35,38)/t23-,24-/m0/s1. The first kappa shape index (κ1) is 27.3. The van der Waals surface area contributed by atoms with E-state index >= 15 is 0 Å². The fourth-order valence-electron chi connectivity index (χ4n) is 5.47. The molecule has 0 saturated heterocycles. The summed E-state index contributed by atoms with van der Waals surface area (Å²) in [4.78, 5) is 31.7. The van der Waals surface area contributed by atoms with Crippen molar-refractivity contribution in [1.82, 2.24) is 25.7 Å². The van der Waals surface area contributed by atoms with Gasteiger partial charge in [-0.15, -0.1) is 13.2 Å². The highest BCUT2D eigenvalue weighted by molar-refractivity contribution is 5.82. The van der Waals surface area contributed by atoms with Gasteiger partial charge in [0.1, 0.15) is 5.75 Å². The number of hydrogen-bond acceptors (Lipinski definition) is 7. The Morgan fingerprint density at radius 1 is 1.17 bits per heavy atom. The van der Waals surface area contributed by atoms with Crippen LogP contribution in [-0.2, 0) is 29.1 Å². The molecule has 2 fully saturated rings. The molecule has 12 heteroatoms. The second-order valence-electron chi connectivity index (χ2n) is 11.0. The number of halogens is 3. The molecule has 3 aromatic rings. The SMILES string of the molecule is Cc1noc([C@H]2C[C@@H]2C(=O)NCc2ccc(-c3cccc(OC(F)(F)F)c3)c3c2CN(CC(=O)NC2CC2)CC3)n1. The van der Waals surface area contributed by atoms with Gasteiger partial charge in [0.05, 0.1) is 18.4 Å². The van der Waals surface area contributed by atoms with Gasteiger partial charge in [-0.05, 0) is 72.6 Å². The molecule has 2 heterocycles. The van der Waals surface area contributed by atoms with E-state index < -0.39 is 6.36 Å². The number of rotatable bonds is 9. The van der Waals surface area contributed by atoms with E-state index in [1.165, 1.54) is 18.2 Å². The summed E-state index contributed by atoms with van der Waals surface area (Å²) in [5.41, 5.74) is 4.27. The third-order valence-electron chi connectivity index (χ3n) is 7.72. The number of nitrogens with zero attached hydrogens (tertiary/aromatic N) is 3. The van der Waals surface area contributed by atoms with Crippen LogP contribution in [-0.4, -0.2) is 52.3 Å². The summed E-state index contributed by atoms with van der Waals surface area (Å²) in [6, 6.07) is 9.98. The zero-order valence-corrected chi connectivity index (χ0v) is 22.5. The zero-order valence-electron chi connectivity index (χ0n) is 22.5. The molecule has 0 bridgehead atoms. The molecule has 216 valence electrons. The molecule has 2 N–H and O–H groups in total. The monoisotopic (exact) mass is 569 g/mol. The Morgan fingerprint density at radius 3 is 2.73 bits per heavy atom. The van der Waals surface area contributed by atoms with Crippen LogP contribution < -0.4 is 15.4 Å². The van der Waals surface area contributed by atoms with Gasteiger partial charge < -0.3 is 19.9 Å². The van der Waals surface area contributed by atoms with Crippen molar-refractivity contribution in [2.75, 3.05) is 13.1 Å². The van der Waals surface area contributed by atoms with E-state index in [0.29, 0.717) is 43.2 Å². The minimum Gasteiger partial charge on any atom is -0.406 e. The van der Waals surface area contributed by atoms with Gasteiger partial charge in [0.15, 0.2) is 5.82 Å². The summed E-state index contributed by atoms with van der Waals surface area (Å²) in [5.74, 6) is 0.282. The first-order valence-corrected chi connectivity index (χ1v) is 13.7. The van der Waals surface area contributed by atoms with Crippen molar-refractivity contribution >= 4 is 11.8 Å². The smallest absolute Gasteiger partial charge is 0.406 e. The van der Waals surface area contributed by atoms with Crippen LogP contribution in [0.3, 0.4) is 0 Å². The number of alkyl halides is 3. The summed E-state index contributed by atoms with van der Waals surface area (Å²) < 4.78 is 47.9. The van der Waals surface area contributed by atoms with E-state index in [9.17, 15) is 22.8 Å². The number of ether oxygens (including phenoxy) is 1. The number of nitrogens with one attached hydrogen (secondary N) is 2. The maximum atomic E-state index is 12.9. The molecule has 0 radical (unpaired) electrons. The molecular formula is C29H30F3N5O4. The first-order valence-electron chi connectivity index (χ1n) is 13.7. The number of aryl methyl sites for hydroxylation is 1. The minimum atomic E-state index is -4.79. The number of fused-ring (bicyclic) bond motifs is 1. The molecule has 2 aliphatic carbocycles. The van der Waals surface area contributed by atoms with Gasteiger partial charge in [-0.1, -0.05) is 29.4 Å². The fraction of sp³-hybridized carbons (Fsp3) is 0.448. The van der Waals surface area contributed by atoms with E-state index in [4.69, 9.17) is 4.52 Å². The third kappa shape index (κ3) is 6.53. The quantitative estimate of drug-likeness (QED) is 0.401. The lowest BCUT2D eigenvalue weighted by Gasteiger charge is -2.31. The summed E-state index contributed by atoms with van der Waals surface area (Å²) in [6.45, 7) is 3.38. The molecule has 0 spiro atoms. The molecule has 9 nitrogen and oxygen atoms in total. The lowest BCUT2D eigenvalue weighted by atomic mass is 9.87. The van der Waals surface area contributed by atoms with Gasteiger partial charge >= 0.3 is 6.36 Å². The fourth-order valence-corrected chi connectivity index (χ4v) is 5.47. The normalized spacial score (nSPS) is 20.3. The topological polar surface area (TPSA) is 110 Å². The van der Waals surface area contributed by atoms with Crippen LogP contribution in [0.4, 0.5) is 13.2 Å². The van der Waals surface area contributed by atoms with Crippen molar-refractivity contribution in [3.63, 3.8) is 0 Å². The van der Waals surface area contributed by atoms with Gasteiger partial charge in [-0.2, -0.15) is 4.98 Å². The first-order chi connectivity index (χ1) is 19.6. The van der Waals surface area contributed by atoms with Crippen LogP contribution in [0.25, 0.3) is 11.1 Å². The van der Waals surface area contributed by atoms with Gasteiger partial charge in [-0.25, -0.2) is 0 Å². The van der Waals surface area contributed by atoms with Crippen molar-refractivity contribution in [2.24, 2.45) is 5.92 Å². The molecule has 3 aliphatic rings. The van der Waals surface area contributed by atoms with Gasteiger partial charge in [0.25, 0.3) is 0 Å². The maximum absolute atomic E-state index is 12.9. The van der Waals surface area contributed by atoms with Gasteiger partial charge in [-0.3, -0.25) is 14.5 Å².